The van der Waals surface area contributed by atoms with E-state index in [0.717, 1.165) is 5.56 Å². The number of esters is 1. The van der Waals surface area contributed by atoms with Gasteiger partial charge in [-0.25, -0.2) is 4.79 Å². The van der Waals surface area contributed by atoms with Gasteiger partial charge < -0.3 is 14.6 Å². The Morgan fingerprint density at radius 3 is 2.61 bits per heavy atom. The molecule has 1 aromatic carbocycles. The number of carbonyl (C=O) groups is 1. The minimum Gasteiger partial charge on any atom is -0.504 e. The van der Waals surface area contributed by atoms with Gasteiger partial charge in [-0.2, -0.15) is 0 Å². The molecule has 0 fully saturated rings. The number of rotatable bonds is 4. The van der Waals surface area contributed by atoms with Crippen molar-refractivity contribution in [2.75, 3.05) is 7.11 Å². The predicted octanol–water partition coefficient (Wildman–Crippen LogP) is 3.19. The summed E-state index contributed by atoms with van der Waals surface area (Å²) in [5.41, 5.74) is 1.10. The molecule has 0 saturated heterocycles. The van der Waals surface area contributed by atoms with Gasteiger partial charge in [0, 0.05) is 5.57 Å². The topological polar surface area (TPSA) is 55.8 Å². The van der Waals surface area contributed by atoms with Gasteiger partial charge in [0.1, 0.15) is 6.10 Å². The Morgan fingerprint density at radius 2 is 2.11 bits per heavy atom. The van der Waals surface area contributed by atoms with Gasteiger partial charge in [-0.1, -0.05) is 6.58 Å². The molecule has 18 heavy (non-hydrogen) atoms. The van der Waals surface area contributed by atoms with Crippen LogP contribution in [0.3, 0.4) is 0 Å². The highest BCUT2D eigenvalue weighted by atomic mass is 127. The van der Waals surface area contributed by atoms with E-state index in [-0.39, 0.29) is 5.75 Å². The van der Waals surface area contributed by atoms with Crippen molar-refractivity contribution in [1.29, 1.82) is 0 Å². The van der Waals surface area contributed by atoms with Crippen molar-refractivity contribution in [3.63, 3.8) is 0 Å². The summed E-state index contributed by atoms with van der Waals surface area (Å²) < 4.78 is 10.9. The molecule has 5 heteroatoms. The number of benzene rings is 1. The van der Waals surface area contributed by atoms with Crippen molar-refractivity contribution in [3.05, 3.63) is 33.4 Å². The molecule has 0 aliphatic rings. The monoisotopic (exact) mass is 362 g/mol. The Morgan fingerprint density at radius 1 is 1.50 bits per heavy atom. The van der Waals surface area contributed by atoms with E-state index in [0.29, 0.717) is 14.9 Å². The number of aromatic hydroxyl groups is 1. The molecule has 98 valence electrons. The fourth-order valence-corrected chi connectivity index (χ4v) is 1.94. The van der Waals surface area contributed by atoms with Gasteiger partial charge in [-0.3, -0.25) is 0 Å². The maximum absolute atomic E-state index is 11.4. The Balaban J connectivity index is 2.99. The molecule has 0 bridgehead atoms. The maximum atomic E-state index is 11.4. The third-order valence-electron chi connectivity index (χ3n) is 2.37. The number of hydrogen-bond acceptors (Lipinski definition) is 4. The molecule has 1 unspecified atom stereocenters. The minimum atomic E-state index is -0.440. The first-order valence-electron chi connectivity index (χ1n) is 5.29. The largest absolute Gasteiger partial charge is 0.504 e. The van der Waals surface area contributed by atoms with E-state index in [4.69, 9.17) is 9.47 Å². The van der Waals surface area contributed by atoms with Crippen LogP contribution in [0.2, 0.25) is 0 Å². The van der Waals surface area contributed by atoms with Crippen LogP contribution in [0.5, 0.6) is 11.5 Å². The zero-order valence-corrected chi connectivity index (χ0v) is 12.6. The van der Waals surface area contributed by atoms with Gasteiger partial charge in [0.2, 0.25) is 0 Å². The molecule has 1 aromatic rings. The van der Waals surface area contributed by atoms with Crippen LogP contribution in [0.1, 0.15) is 25.5 Å². The molecule has 0 saturated carbocycles. The van der Waals surface area contributed by atoms with Gasteiger partial charge >= 0.3 is 5.97 Å². The van der Waals surface area contributed by atoms with E-state index in [1.54, 1.807) is 26.0 Å². The lowest BCUT2D eigenvalue weighted by Gasteiger charge is -2.16. The molecule has 0 heterocycles. The number of halogens is 1. The van der Waals surface area contributed by atoms with Gasteiger partial charge in [0.05, 0.1) is 10.7 Å². The predicted molar refractivity (Wildman–Crippen MR) is 76.7 cm³/mol. The van der Waals surface area contributed by atoms with Gasteiger partial charge in [-0.05, 0) is 54.1 Å². The second-order valence-corrected chi connectivity index (χ2v) is 5.04. The molecular formula is C13H15IO4. The second kappa shape index (κ2) is 6.08. The molecule has 1 atom stereocenters. The van der Waals surface area contributed by atoms with E-state index in [9.17, 15) is 9.90 Å². The van der Waals surface area contributed by atoms with E-state index in [2.05, 4.69) is 6.58 Å². The highest BCUT2D eigenvalue weighted by Crippen LogP contribution is 2.35. The highest BCUT2D eigenvalue weighted by Gasteiger charge is 2.16. The van der Waals surface area contributed by atoms with Crippen LogP contribution in [0.15, 0.2) is 24.3 Å². The van der Waals surface area contributed by atoms with E-state index in [1.807, 2.05) is 22.6 Å². The first-order valence-corrected chi connectivity index (χ1v) is 6.37. The summed E-state index contributed by atoms with van der Waals surface area (Å²) in [4.78, 5) is 11.4. The molecule has 0 radical (unpaired) electrons. The summed E-state index contributed by atoms with van der Waals surface area (Å²) in [6.07, 6.45) is -0.433. The smallest absolute Gasteiger partial charge is 0.333 e. The highest BCUT2D eigenvalue weighted by molar-refractivity contribution is 14.1. The van der Waals surface area contributed by atoms with Gasteiger partial charge in [0.15, 0.2) is 11.5 Å². The molecule has 4 nitrogen and oxygen atoms in total. The quantitative estimate of drug-likeness (QED) is 0.508. The number of hydrogen-bond donors (Lipinski definition) is 1. The third-order valence-corrected chi connectivity index (χ3v) is 3.19. The van der Waals surface area contributed by atoms with E-state index < -0.39 is 12.1 Å². The van der Waals surface area contributed by atoms with E-state index in [1.165, 1.54) is 7.11 Å². The summed E-state index contributed by atoms with van der Waals surface area (Å²) in [6.45, 7) is 6.87. The first-order chi connectivity index (χ1) is 8.36. The Labute approximate surface area is 120 Å². The fraction of sp³-hybridized carbons (Fsp3) is 0.308. The SMILES string of the molecule is C=C(C)C(=O)OC(C)c1cc(I)c(O)c(OC)c1. The van der Waals surface area contributed by atoms with E-state index >= 15 is 0 Å². The molecular weight excluding hydrogens is 347 g/mol. The zero-order valence-electron chi connectivity index (χ0n) is 10.5. The summed E-state index contributed by atoms with van der Waals surface area (Å²) >= 11 is 1.99. The number of carbonyl (C=O) groups excluding carboxylic acids is 1. The zero-order chi connectivity index (χ0) is 13.9. The molecule has 1 rings (SSSR count). The van der Waals surface area contributed by atoms with Gasteiger partial charge in [-0.15, -0.1) is 0 Å². The molecule has 1 N–H and O–H groups in total. The lowest BCUT2D eigenvalue weighted by atomic mass is 10.1. The Kier molecular flexibility index (Phi) is 5.01. The van der Waals surface area contributed by atoms with Crippen molar-refractivity contribution >= 4 is 28.6 Å². The second-order valence-electron chi connectivity index (χ2n) is 3.88. The molecule has 0 aromatic heterocycles. The number of methoxy groups -OCH3 is 1. The van der Waals surface area contributed by atoms with Crippen LogP contribution in [0.4, 0.5) is 0 Å². The van der Waals surface area contributed by atoms with Crippen LogP contribution < -0.4 is 4.74 Å². The Bertz CT molecular complexity index is 482. The Hall–Kier alpha value is -1.24. The maximum Gasteiger partial charge on any atom is 0.333 e. The lowest BCUT2D eigenvalue weighted by molar-refractivity contribution is -0.143. The molecule has 0 aliphatic carbocycles. The van der Waals surface area contributed by atoms with Crippen molar-refractivity contribution in [1.82, 2.24) is 0 Å². The number of phenolic OH excluding ortho intramolecular Hbond substituents is 1. The van der Waals surface area contributed by atoms with Gasteiger partial charge in [0.25, 0.3) is 0 Å². The van der Waals surface area contributed by atoms with Crippen molar-refractivity contribution in [3.8, 4) is 11.5 Å². The average Bonchev–Trinajstić information content (AvgIpc) is 2.32. The summed E-state index contributed by atoms with van der Waals surface area (Å²) in [5, 5.41) is 9.72. The fourth-order valence-electron chi connectivity index (χ4n) is 1.31. The van der Waals surface area contributed by atoms with Crippen molar-refractivity contribution < 1.29 is 19.4 Å². The number of phenols is 1. The lowest BCUT2D eigenvalue weighted by Crippen LogP contribution is -2.09. The average molecular weight is 362 g/mol. The van der Waals surface area contributed by atoms with Crippen LogP contribution in [-0.2, 0) is 9.53 Å². The van der Waals surface area contributed by atoms with Crippen molar-refractivity contribution in [2.45, 2.75) is 20.0 Å². The molecule has 0 amide bonds. The summed E-state index contributed by atoms with van der Waals surface area (Å²) in [7, 11) is 1.47. The summed E-state index contributed by atoms with van der Waals surface area (Å²) in [6, 6.07) is 3.39. The standard InChI is InChI=1S/C13H15IO4/c1-7(2)13(16)18-8(3)9-5-10(14)12(15)11(6-9)17-4/h5-6,8,15H,1H2,2-4H3. The summed E-state index contributed by atoms with van der Waals surface area (Å²) in [5.74, 6) is -0.0000447. The number of ether oxygens (including phenoxy) is 2. The first kappa shape index (κ1) is 14.8. The molecule has 0 spiro atoms. The van der Waals surface area contributed by atoms with Crippen LogP contribution in [-0.4, -0.2) is 18.2 Å². The molecule has 0 aliphatic heterocycles. The van der Waals surface area contributed by atoms with Crippen molar-refractivity contribution in [2.24, 2.45) is 0 Å². The van der Waals surface area contributed by atoms with Crippen LogP contribution in [0.25, 0.3) is 0 Å². The van der Waals surface area contributed by atoms with Crippen LogP contribution >= 0.6 is 22.6 Å². The third kappa shape index (κ3) is 3.38. The van der Waals surface area contributed by atoms with Crippen LogP contribution in [0, 0.1) is 3.57 Å². The minimum absolute atomic E-state index is 0.0836. The normalized spacial score (nSPS) is 11.8.